The van der Waals surface area contributed by atoms with Crippen LogP contribution in [0.25, 0.3) is 16.7 Å². The molecule has 2 N–H and O–H groups in total. The number of hydrogen-bond acceptors (Lipinski definition) is 7. The van der Waals surface area contributed by atoms with Crippen molar-refractivity contribution in [3.63, 3.8) is 0 Å². The van der Waals surface area contributed by atoms with Gasteiger partial charge in [-0.1, -0.05) is 0 Å². The van der Waals surface area contributed by atoms with Crippen molar-refractivity contribution in [1.29, 1.82) is 0 Å². The molecule has 0 saturated heterocycles. The topological polar surface area (TPSA) is 121 Å². The number of ether oxygens (including phenoxy) is 1. The summed E-state index contributed by atoms with van der Waals surface area (Å²) >= 11 is 0. The summed E-state index contributed by atoms with van der Waals surface area (Å²) in [5, 5.41) is 18.3. The number of pyridine rings is 1. The number of methoxy groups -OCH3 is 1. The number of benzene rings is 1. The van der Waals surface area contributed by atoms with Gasteiger partial charge in [-0.05, 0) is 37.3 Å². The van der Waals surface area contributed by atoms with Crippen LogP contribution in [-0.4, -0.2) is 72.5 Å². The van der Waals surface area contributed by atoms with E-state index in [9.17, 15) is 14.8 Å². The summed E-state index contributed by atoms with van der Waals surface area (Å²) in [6, 6.07) is 9.94. The minimum absolute atomic E-state index is 0.231. The zero-order chi connectivity index (χ0) is 24.0. The lowest BCUT2D eigenvalue weighted by atomic mass is 10.1. The number of fused-ring (bicyclic) bond motifs is 1. The third kappa shape index (κ3) is 6.35. The van der Waals surface area contributed by atoms with Crippen LogP contribution in [0.1, 0.15) is 22.5 Å². The van der Waals surface area contributed by atoms with Gasteiger partial charge in [-0.2, -0.15) is 4.98 Å². The molecule has 1 amide bonds. The molecule has 0 saturated carbocycles. The van der Waals surface area contributed by atoms with Crippen LogP contribution in [0.5, 0.6) is 0 Å². The van der Waals surface area contributed by atoms with Crippen molar-refractivity contribution < 1.29 is 14.2 Å². The highest BCUT2D eigenvalue weighted by Gasteiger charge is 2.13. The number of nitrogens with zero attached hydrogens (tertiary/aromatic N) is 4. The van der Waals surface area contributed by atoms with Crippen LogP contribution in [0.15, 0.2) is 41.2 Å². The lowest BCUT2D eigenvalue weighted by Gasteiger charge is -2.33. The van der Waals surface area contributed by atoms with E-state index in [1.54, 1.807) is 51.5 Å². The maximum Gasteiger partial charge on any atom is 0.256 e. The van der Waals surface area contributed by atoms with Gasteiger partial charge in [-0.15, -0.1) is 0 Å². The van der Waals surface area contributed by atoms with Gasteiger partial charge in [0.15, 0.2) is 5.65 Å². The molecule has 10 heteroatoms. The average molecular weight is 455 g/mol. The van der Waals surface area contributed by atoms with E-state index in [0.717, 1.165) is 11.1 Å². The number of nitrogens with one attached hydrogen (secondary N) is 2. The van der Waals surface area contributed by atoms with Crippen LogP contribution in [0.3, 0.4) is 0 Å². The summed E-state index contributed by atoms with van der Waals surface area (Å²) < 4.78 is 6.16. The van der Waals surface area contributed by atoms with E-state index in [0.29, 0.717) is 55.5 Å². The normalized spacial score (nSPS) is 11.5. The summed E-state index contributed by atoms with van der Waals surface area (Å²) in [4.78, 5) is 34.2. The summed E-state index contributed by atoms with van der Waals surface area (Å²) in [6.07, 6.45) is 0.589. The van der Waals surface area contributed by atoms with Gasteiger partial charge in [-0.25, -0.2) is 4.98 Å². The number of hydroxylamine groups is 3. The Bertz CT molecular complexity index is 1170. The second kappa shape index (κ2) is 10.5. The van der Waals surface area contributed by atoms with Crippen LogP contribution in [0, 0.1) is 12.1 Å². The van der Waals surface area contributed by atoms with E-state index in [1.165, 1.54) is 10.6 Å². The molecule has 0 aliphatic carbocycles. The highest BCUT2D eigenvalue weighted by atomic mass is 16.5. The van der Waals surface area contributed by atoms with Gasteiger partial charge < -0.3 is 25.2 Å². The molecule has 3 aromatic rings. The first-order valence-corrected chi connectivity index (χ1v) is 10.8. The number of rotatable bonds is 10. The standard InChI is InChI=1S/C23H30N6O4/c1-16-19-10-11-20(30)28(21(19)27-23(26-16)25-13-15-33-4)18-8-6-17(7-9-18)22(31)24-12-5-14-29(2,3)32/h6-11H,5,12-15H2,1-4H3,(H,24,31)(H,25,26,27). The molecule has 0 atom stereocenters. The fourth-order valence-electron chi connectivity index (χ4n) is 3.38. The zero-order valence-electron chi connectivity index (χ0n) is 19.4. The second-order valence-corrected chi connectivity index (χ2v) is 8.25. The number of amides is 1. The number of anilines is 1. The van der Waals surface area contributed by atoms with Crippen molar-refractivity contribution in [1.82, 2.24) is 19.9 Å². The minimum atomic E-state index is -0.392. The summed E-state index contributed by atoms with van der Waals surface area (Å²) in [5.41, 5.74) is 2.04. The van der Waals surface area contributed by atoms with Crippen molar-refractivity contribution in [3.05, 3.63) is 63.2 Å². The van der Waals surface area contributed by atoms with Gasteiger partial charge in [0.1, 0.15) is 0 Å². The Morgan fingerprint density at radius 1 is 1.12 bits per heavy atom. The van der Waals surface area contributed by atoms with E-state index in [4.69, 9.17) is 4.74 Å². The summed E-state index contributed by atoms with van der Waals surface area (Å²) in [6.45, 7) is 3.74. The van der Waals surface area contributed by atoms with Gasteiger partial charge in [0, 0.05) is 43.6 Å². The Labute approximate surface area is 192 Å². The first-order valence-electron chi connectivity index (χ1n) is 10.8. The van der Waals surface area contributed by atoms with Gasteiger partial charge in [-0.3, -0.25) is 14.2 Å². The summed E-state index contributed by atoms with van der Waals surface area (Å²) in [7, 11) is 4.75. The molecule has 3 rings (SSSR count). The molecule has 2 heterocycles. The van der Waals surface area contributed by atoms with Crippen LogP contribution in [0.2, 0.25) is 0 Å². The van der Waals surface area contributed by atoms with Crippen molar-refractivity contribution >= 4 is 22.9 Å². The highest BCUT2D eigenvalue weighted by molar-refractivity contribution is 5.94. The largest absolute Gasteiger partial charge is 0.633 e. The minimum Gasteiger partial charge on any atom is -0.633 e. The molecule has 0 unspecified atom stereocenters. The second-order valence-electron chi connectivity index (χ2n) is 8.25. The maximum atomic E-state index is 12.7. The third-order valence-corrected chi connectivity index (χ3v) is 5.08. The van der Waals surface area contributed by atoms with Gasteiger partial charge in [0.25, 0.3) is 11.5 Å². The Morgan fingerprint density at radius 2 is 1.85 bits per heavy atom. The number of carbonyl (C=O) groups excluding carboxylic acids is 1. The van der Waals surface area contributed by atoms with E-state index < -0.39 is 4.65 Å². The van der Waals surface area contributed by atoms with Gasteiger partial charge in [0.2, 0.25) is 5.95 Å². The Morgan fingerprint density at radius 3 is 2.52 bits per heavy atom. The van der Waals surface area contributed by atoms with Crippen molar-refractivity contribution in [2.45, 2.75) is 13.3 Å². The van der Waals surface area contributed by atoms with Crippen molar-refractivity contribution in [2.24, 2.45) is 0 Å². The first-order chi connectivity index (χ1) is 15.7. The van der Waals surface area contributed by atoms with Crippen LogP contribution < -0.4 is 16.2 Å². The number of quaternary nitrogens is 1. The van der Waals surface area contributed by atoms with Crippen LogP contribution in [-0.2, 0) is 4.74 Å². The lowest BCUT2D eigenvalue weighted by molar-refractivity contribution is -0.840. The van der Waals surface area contributed by atoms with E-state index in [1.807, 2.05) is 6.92 Å². The number of aromatic nitrogens is 3. The molecule has 0 fully saturated rings. The maximum absolute atomic E-state index is 12.7. The highest BCUT2D eigenvalue weighted by Crippen LogP contribution is 2.19. The first kappa shape index (κ1) is 24.3. The average Bonchev–Trinajstić information content (AvgIpc) is 2.76. The molecule has 0 radical (unpaired) electrons. The molecule has 1 aromatic carbocycles. The molecule has 0 spiro atoms. The third-order valence-electron chi connectivity index (χ3n) is 5.08. The molecule has 33 heavy (non-hydrogen) atoms. The van der Waals surface area contributed by atoms with E-state index in [-0.39, 0.29) is 11.5 Å². The lowest BCUT2D eigenvalue weighted by Crippen LogP contribution is -2.35. The van der Waals surface area contributed by atoms with Gasteiger partial charge in [0.05, 0.1) is 38.6 Å². The molecule has 0 aliphatic heterocycles. The molecule has 10 nitrogen and oxygen atoms in total. The predicted molar refractivity (Wildman–Crippen MR) is 128 cm³/mol. The smallest absolute Gasteiger partial charge is 0.256 e. The molecular formula is C23H30N6O4. The van der Waals surface area contributed by atoms with Crippen molar-refractivity contribution in [2.75, 3.05) is 52.8 Å². The molecule has 0 bridgehead atoms. The van der Waals surface area contributed by atoms with Crippen molar-refractivity contribution in [3.8, 4) is 5.69 Å². The monoisotopic (exact) mass is 454 g/mol. The predicted octanol–water partition coefficient (Wildman–Crippen LogP) is 1.84. The molecule has 0 aliphatic rings. The van der Waals surface area contributed by atoms with E-state index >= 15 is 0 Å². The SMILES string of the molecule is COCCNc1nc(C)c2ccc(=O)n(-c3ccc(C(=O)NCCC[N+](C)(C)[O-])cc3)c2n1. The summed E-state index contributed by atoms with van der Waals surface area (Å²) in [5.74, 6) is 0.179. The Kier molecular flexibility index (Phi) is 7.75. The number of aryl methyl sites for hydroxylation is 1. The fraction of sp³-hybridized carbons (Fsp3) is 0.391. The Hall–Kier alpha value is -3.34. The molecular weight excluding hydrogens is 424 g/mol. The van der Waals surface area contributed by atoms with Gasteiger partial charge >= 0.3 is 0 Å². The zero-order valence-corrected chi connectivity index (χ0v) is 19.4. The van der Waals surface area contributed by atoms with Crippen LogP contribution in [0.4, 0.5) is 5.95 Å². The number of carbonyl (C=O) groups is 1. The fourth-order valence-corrected chi connectivity index (χ4v) is 3.38. The van der Waals surface area contributed by atoms with Crippen LogP contribution >= 0.6 is 0 Å². The molecule has 176 valence electrons. The van der Waals surface area contributed by atoms with E-state index in [2.05, 4.69) is 20.6 Å². The Balaban J connectivity index is 1.84. The quantitative estimate of drug-likeness (QED) is 0.272. The number of hydrogen-bond donors (Lipinski definition) is 2. The molecule has 2 aromatic heterocycles.